The molecule has 5 nitrogen and oxygen atoms in total. The van der Waals surface area contributed by atoms with Gasteiger partial charge in [0.1, 0.15) is 4.90 Å². The molecule has 148 valence electrons. The maximum Gasteiger partial charge on any atom is 0.343 e. The minimum Gasteiger partial charge on any atom is -0.287 e. The van der Waals surface area contributed by atoms with E-state index in [2.05, 4.69) is 0 Å². The predicted octanol–water partition coefficient (Wildman–Crippen LogP) is 4.89. The van der Waals surface area contributed by atoms with Crippen LogP contribution in [-0.4, -0.2) is 14.4 Å². The molecular formula is C23H22N2O3S. The van der Waals surface area contributed by atoms with Crippen molar-refractivity contribution in [2.24, 2.45) is 0 Å². The number of carbonyl (C=O) groups is 1. The number of urea groups is 1. The lowest BCUT2D eigenvalue weighted by Crippen LogP contribution is -2.51. The second kappa shape index (κ2) is 7.37. The quantitative estimate of drug-likeness (QED) is 0.620. The summed E-state index contributed by atoms with van der Waals surface area (Å²) in [5, 5.41) is 0. The van der Waals surface area contributed by atoms with Crippen molar-refractivity contribution in [2.45, 2.75) is 31.7 Å². The van der Waals surface area contributed by atoms with Gasteiger partial charge in [-0.05, 0) is 42.7 Å². The van der Waals surface area contributed by atoms with Gasteiger partial charge in [0, 0.05) is 0 Å². The number of carbonyl (C=O) groups excluding carboxylic acids is 1. The Balaban J connectivity index is 1.89. The Kier molecular flexibility index (Phi) is 4.88. The molecule has 1 heterocycles. The van der Waals surface area contributed by atoms with Gasteiger partial charge >= 0.3 is 6.03 Å². The molecule has 0 atom stereocenters. The molecule has 2 amide bonds. The van der Waals surface area contributed by atoms with Gasteiger partial charge < -0.3 is 0 Å². The largest absolute Gasteiger partial charge is 0.343 e. The van der Waals surface area contributed by atoms with E-state index in [1.54, 1.807) is 36.4 Å². The molecule has 0 bridgehead atoms. The van der Waals surface area contributed by atoms with E-state index >= 15 is 0 Å². The van der Waals surface area contributed by atoms with Crippen LogP contribution in [0.4, 0.5) is 16.2 Å². The summed E-state index contributed by atoms with van der Waals surface area (Å²) in [4.78, 5) is 15.2. The van der Waals surface area contributed by atoms with Crippen LogP contribution in [0.25, 0.3) is 0 Å². The van der Waals surface area contributed by atoms with E-state index in [0.717, 1.165) is 21.0 Å². The molecule has 0 saturated heterocycles. The van der Waals surface area contributed by atoms with E-state index in [1.165, 1.54) is 4.90 Å². The number of sulfonamides is 1. The molecule has 0 aromatic heterocycles. The summed E-state index contributed by atoms with van der Waals surface area (Å²) in [6.45, 7) is 4.22. The SMILES string of the molecule is CCc1ccccc1N1C(=O)N(Cc2cccc(C)c2)c2ccccc2S1(=O)=O. The van der Waals surface area contributed by atoms with Gasteiger partial charge in [0.05, 0.1) is 17.9 Å². The normalized spacial score (nSPS) is 15.3. The van der Waals surface area contributed by atoms with Crippen molar-refractivity contribution in [3.63, 3.8) is 0 Å². The van der Waals surface area contributed by atoms with Gasteiger partial charge in [0.15, 0.2) is 0 Å². The van der Waals surface area contributed by atoms with Gasteiger partial charge in [0.2, 0.25) is 0 Å². The van der Waals surface area contributed by atoms with E-state index < -0.39 is 16.1 Å². The molecule has 0 spiro atoms. The van der Waals surface area contributed by atoms with Crippen molar-refractivity contribution >= 4 is 27.4 Å². The molecule has 1 aliphatic heterocycles. The number of nitrogens with zero attached hydrogens (tertiary/aromatic N) is 2. The van der Waals surface area contributed by atoms with Gasteiger partial charge in [-0.15, -0.1) is 0 Å². The molecule has 0 unspecified atom stereocenters. The van der Waals surface area contributed by atoms with Crippen LogP contribution in [0.3, 0.4) is 0 Å². The fraction of sp³-hybridized carbons (Fsp3) is 0.174. The van der Waals surface area contributed by atoms with E-state index in [9.17, 15) is 13.2 Å². The second-order valence-corrected chi connectivity index (χ2v) is 8.83. The Morgan fingerprint density at radius 3 is 2.28 bits per heavy atom. The van der Waals surface area contributed by atoms with Gasteiger partial charge in [-0.25, -0.2) is 13.2 Å². The van der Waals surface area contributed by atoms with Crippen LogP contribution in [0.2, 0.25) is 0 Å². The number of fused-ring (bicyclic) bond motifs is 1. The van der Waals surface area contributed by atoms with Crippen LogP contribution < -0.4 is 9.21 Å². The zero-order valence-corrected chi connectivity index (χ0v) is 17.2. The van der Waals surface area contributed by atoms with Crippen molar-refractivity contribution in [1.29, 1.82) is 0 Å². The summed E-state index contributed by atoms with van der Waals surface area (Å²) < 4.78 is 27.8. The molecule has 0 N–H and O–H groups in total. The zero-order chi connectivity index (χ0) is 20.6. The molecule has 6 heteroatoms. The third-order valence-corrected chi connectivity index (χ3v) is 6.83. The summed E-state index contributed by atoms with van der Waals surface area (Å²) in [6, 6.07) is 21.1. The van der Waals surface area contributed by atoms with Crippen molar-refractivity contribution in [1.82, 2.24) is 0 Å². The van der Waals surface area contributed by atoms with Crippen LogP contribution in [0.1, 0.15) is 23.6 Å². The summed E-state index contributed by atoms with van der Waals surface area (Å²) >= 11 is 0. The van der Waals surface area contributed by atoms with Crippen LogP contribution in [0, 0.1) is 6.92 Å². The molecule has 0 fully saturated rings. The van der Waals surface area contributed by atoms with Crippen LogP contribution in [-0.2, 0) is 23.0 Å². The maximum atomic E-state index is 13.5. The molecular weight excluding hydrogens is 384 g/mol. The lowest BCUT2D eigenvalue weighted by atomic mass is 10.1. The third-order valence-electron chi connectivity index (χ3n) is 5.09. The average molecular weight is 407 g/mol. The number of amides is 2. The Morgan fingerprint density at radius 1 is 0.862 bits per heavy atom. The standard InChI is InChI=1S/C23H22N2O3S/c1-3-19-11-4-5-12-20(19)25-23(26)24(16-18-10-8-9-17(2)15-18)21-13-6-7-14-22(21)29(25,27)28/h4-15H,3,16H2,1-2H3. The van der Waals surface area contributed by atoms with Crippen molar-refractivity contribution in [3.05, 3.63) is 89.5 Å². The number of rotatable bonds is 4. The Hall–Kier alpha value is -3.12. The molecule has 3 aromatic rings. The first-order valence-electron chi connectivity index (χ1n) is 9.53. The molecule has 0 radical (unpaired) electrons. The van der Waals surface area contributed by atoms with Gasteiger partial charge in [-0.3, -0.25) is 4.90 Å². The van der Waals surface area contributed by atoms with E-state index in [4.69, 9.17) is 0 Å². The Morgan fingerprint density at radius 2 is 1.55 bits per heavy atom. The van der Waals surface area contributed by atoms with Crippen molar-refractivity contribution in [2.75, 3.05) is 9.21 Å². The topological polar surface area (TPSA) is 57.7 Å². The van der Waals surface area contributed by atoms with Crippen LogP contribution in [0.5, 0.6) is 0 Å². The molecule has 3 aromatic carbocycles. The first-order chi connectivity index (χ1) is 13.9. The molecule has 0 aliphatic carbocycles. The molecule has 4 rings (SSSR count). The molecule has 0 saturated carbocycles. The number of hydrogen-bond acceptors (Lipinski definition) is 3. The lowest BCUT2D eigenvalue weighted by Gasteiger charge is -2.37. The van der Waals surface area contributed by atoms with Gasteiger partial charge in [-0.2, -0.15) is 4.31 Å². The highest BCUT2D eigenvalue weighted by molar-refractivity contribution is 7.94. The predicted molar refractivity (Wildman–Crippen MR) is 115 cm³/mol. The molecule has 29 heavy (non-hydrogen) atoms. The highest BCUT2D eigenvalue weighted by Gasteiger charge is 2.42. The van der Waals surface area contributed by atoms with Crippen molar-refractivity contribution in [3.8, 4) is 0 Å². The zero-order valence-electron chi connectivity index (χ0n) is 16.4. The highest BCUT2D eigenvalue weighted by atomic mass is 32.2. The van der Waals surface area contributed by atoms with Gasteiger partial charge in [0.25, 0.3) is 10.0 Å². The minimum absolute atomic E-state index is 0.137. The number of anilines is 2. The fourth-order valence-corrected chi connectivity index (χ4v) is 5.33. The van der Waals surface area contributed by atoms with Gasteiger partial charge in [-0.1, -0.05) is 67.1 Å². The smallest absolute Gasteiger partial charge is 0.287 e. The summed E-state index contributed by atoms with van der Waals surface area (Å²) in [6.07, 6.45) is 0.620. The first kappa shape index (κ1) is 19.2. The van der Waals surface area contributed by atoms with Crippen molar-refractivity contribution < 1.29 is 13.2 Å². The number of para-hydroxylation sites is 2. The summed E-state index contributed by atoms with van der Waals surface area (Å²) in [5.74, 6) is 0. The first-order valence-corrected chi connectivity index (χ1v) is 11.0. The maximum absolute atomic E-state index is 13.5. The van der Waals surface area contributed by atoms with E-state index in [-0.39, 0.29) is 11.4 Å². The van der Waals surface area contributed by atoms with Crippen LogP contribution >= 0.6 is 0 Å². The Bertz CT molecular complexity index is 1190. The van der Waals surface area contributed by atoms with E-state index in [0.29, 0.717) is 17.8 Å². The Labute approximate surface area is 171 Å². The fourth-order valence-electron chi connectivity index (χ4n) is 3.70. The third kappa shape index (κ3) is 3.29. The average Bonchev–Trinajstić information content (AvgIpc) is 2.71. The lowest BCUT2D eigenvalue weighted by molar-refractivity contribution is 0.253. The number of hydrogen-bond donors (Lipinski definition) is 0. The summed E-state index contributed by atoms with van der Waals surface area (Å²) in [7, 11) is -4.01. The molecule has 1 aliphatic rings. The monoisotopic (exact) mass is 406 g/mol. The van der Waals surface area contributed by atoms with Crippen LogP contribution in [0.15, 0.2) is 77.7 Å². The highest BCUT2D eigenvalue weighted by Crippen LogP contribution is 2.39. The number of aryl methyl sites for hydroxylation is 2. The van der Waals surface area contributed by atoms with E-state index in [1.807, 2.05) is 50.2 Å². The second-order valence-electron chi connectivity index (χ2n) is 7.08. The number of benzene rings is 3. The minimum atomic E-state index is -4.01. The summed E-state index contributed by atoms with van der Waals surface area (Å²) in [5.41, 5.74) is 3.64.